The molecule has 114 valence electrons. The summed E-state index contributed by atoms with van der Waals surface area (Å²) in [5.74, 6) is 2.72. The van der Waals surface area contributed by atoms with Crippen LogP contribution < -0.4 is 4.87 Å². The van der Waals surface area contributed by atoms with Crippen LogP contribution >= 0.6 is 34.7 Å². The largest absolute Gasteiger partial charge is 0.307 e. The van der Waals surface area contributed by atoms with Gasteiger partial charge in [-0.3, -0.25) is 4.79 Å². The summed E-state index contributed by atoms with van der Waals surface area (Å²) in [6.07, 6.45) is 4.12. The summed E-state index contributed by atoms with van der Waals surface area (Å²) in [4.78, 5) is 16.3. The van der Waals surface area contributed by atoms with Crippen molar-refractivity contribution >= 4 is 34.7 Å². The number of H-pyrrole nitrogens is 1. The predicted molar refractivity (Wildman–Crippen MR) is 92.2 cm³/mol. The minimum atomic E-state index is 0.0868. The summed E-state index contributed by atoms with van der Waals surface area (Å²) in [5, 5.41) is 2.59. The van der Waals surface area contributed by atoms with Crippen LogP contribution in [0.5, 0.6) is 0 Å². The summed E-state index contributed by atoms with van der Waals surface area (Å²) in [7, 11) is 0. The molecule has 0 saturated heterocycles. The fourth-order valence-electron chi connectivity index (χ4n) is 4.89. The maximum Gasteiger partial charge on any atom is 0.305 e. The van der Waals surface area contributed by atoms with Crippen LogP contribution in [0.2, 0.25) is 5.02 Å². The summed E-state index contributed by atoms with van der Waals surface area (Å²) < 4.78 is 0. The third-order valence-corrected chi connectivity index (χ3v) is 8.57. The molecule has 1 aromatic carbocycles. The molecule has 1 aliphatic heterocycles. The molecule has 4 unspecified atom stereocenters. The van der Waals surface area contributed by atoms with Crippen molar-refractivity contribution in [3.63, 3.8) is 0 Å². The van der Waals surface area contributed by atoms with Crippen LogP contribution in [0.25, 0.3) is 0 Å². The first-order valence-corrected chi connectivity index (χ1v) is 9.93. The second-order valence-electron chi connectivity index (χ2n) is 6.73. The van der Waals surface area contributed by atoms with E-state index < -0.39 is 0 Å². The highest BCUT2D eigenvalue weighted by Gasteiger charge is 2.54. The smallest absolute Gasteiger partial charge is 0.305 e. The highest BCUT2D eigenvalue weighted by Crippen LogP contribution is 2.63. The van der Waals surface area contributed by atoms with Crippen molar-refractivity contribution in [1.82, 2.24) is 4.98 Å². The van der Waals surface area contributed by atoms with Gasteiger partial charge < -0.3 is 4.98 Å². The molecular formula is C17H16ClNOS2. The highest BCUT2D eigenvalue weighted by molar-refractivity contribution is 8.00. The van der Waals surface area contributed by atoms with Gasteiger partial charge in [0.15, 0.2) is 0 Å². The Morgan fingerprint density at radius 2 is 1.91 bits per heavy atom. The zero-order valence-electron chi connectivity index (χ0n) is 11.9. The maximum atomic E-state index is 11.9. The molecule has 5 atom stereocenters. The normalized spacial score (nSPS) is 35.4. The first-order valence-electron chi connectivity index (χ1n) is 7.86. The Labute approximate surface area is 142 Å². The third-order valence-electron chi connectivity index (χ3n) is 5.69. The number of aromatic amines is 1. The third kappa shape index (κ3) is 1.90. The maximum absolute atomic E-state index is 11.9. The van der Waals surface area contributed by atoms with E-state index in [9.17, 15) is 4.79 Å². The lowest BCUT2D eigenvalue weighted by atomic mass is 9.75. The van der Waals surface area contributed by atoms with E-state index in [2.05, 4.69) is 17.1 Å². The number of hydrogen-bond acceptors (Lipinski definition) is 3. The molecule has 2 saturated carbocycles. The molecule has 0 amide bonds. The molecule has 2 aromatic rings. The lowest BCUT2D eigenvalue weighted by Gasteiger charge is -2.40. The van der Waals surface area contributed by atoms with E-state index in [1.54, 1.807) is 0 Å². The van der Waals surface area contributed by atoms with E-state index in [1.165, 1.54) is 41.0 Å². The highest BCUT2D eigenvalue weighted by atomic mass is 35.5. The fourth-order valence-corrected chi connectivity index (χ4v) is 7.91. The van der Waals surface area contributed by atoms with Crippen molar-refractivity contribution in [3.8, 4) is 0 Å². The molecule has 2 nitrogen and oxygen atoms in total. The quantitative estimate of drug-likeness (QED) is 0.806. The molecule has 1 N–H and O–H groups in total. The monoisotopic (exact) mass is 349 g/mol. The van der Waals surface area contributed by atoms with Gasteiger partial charge in [0.2, 0.25) is 0 Å². The number of benzene rings is 1. The van der Waals surface area contributed by atoms with Gasteiger partial charge in [0, 0.05) is 21.1 Å². The first-order chi connectivity index (χ1) is 10.7. The zero-order chi connectivity index (χ0) is 14.8. The van der Waals surface area contributed by atoms with Gasteiger partial charge in [-0.1, -0.05) is 35.1 Å². The second-order valence-corrected chi connectivity index (χ2v) is 9.37. The molecule has 2 fully saturated rings. The molecular weight excluding hydrogens is 334 g/mol. The molecule has 3 aliphatic rings. The first kappa shape index (κ1) is 13.7. The van der Waals surface area contributed by atoms with Crippen molar-refractivity contribution in [2.75, 3.05) is 0 Å². The predicted octanol–water partition coefficient (Wildman–Crippen LogP) is 4.74. The number of halogens is 1. The summed E-state index contributed by atoms with van der Waals surface area (Å²) in [5.41, 5.74) is 1.32. The van der Waals surface area contributed by atoms with Gasteiger partial charge in [-0.15, -0.1) is 11.8 Å². The average molecular weight is 350 g/mol. The van der Waals surface area contributed by atoms with Crippen LogP contribution in [0.15, 0.2) is 34.1 Å². The van der Waals surface area contributed by atoms with Gasteiger partial charge >= 0.3 is 4.87 Å². The number of rotatable bonds is 1. The molecule has 2 heterocycles. The van der Waals surface area contributed by atoms with E-state index in [0.717, 1.165) is 21.9 Å². The summed E-state index contributed by atoms with van der Waals surface area (Å²) >= 11 is 9.42. The Bertz CT molecular complexity index is 781. The van der Waals surface area contributed by atoms with Gasteiger partial charge in [-0.2, -0.15) is 0 Å². The summed E-state index contributed by atoms with van der Waals surface area (Å²) in [6, 6.07) is 8.27. The molecule has 1 aromatic heterocycles. The molecule has 0 radical (unpaired) electrons. The van der Waals surface area contributed by atoms with Crippen LogP contribution in [-0.2, 0) is 0 Å². The SMILES string of the molecule is O=c1[nH]c2c(s1)[C@H](c1ccc(Cl)cc1)C1C3CCC(C3)C1S2. The Kier molecular flexibility index (Phi) is 3.05. The van der Waals surface area contributed by atoms with Gasteiger partial charge in [0.25, 0.3) is 0 Å². The van der Waals surface area contributed by atoms with Crippen LogP contribution in [0, 0.1) is 17.8 Å². The molecule has 2 aliphatic carbocycles. The molecule has 2 bridgehead atoms. The van der Waals surface area contributed by atoms with Crippen molar-refractivity contribution < 1.29 is 0 Å². The van der Waals surface area contributed by atoms with Crippen LogP contribution in [0.1, 0.15) is 35.6 Å². The second kappa shape index (κ2) is 4.89. The molecule has 0 spiro atoms. The average Bonchev–Trinajstić information content (AvgIpc) is 3.19. The Hall–Kier alpha value is -0.710. The molecule has 5 heteroatoms. The van der Waals surface area contributed by atoms with Crippen LogP contribution in [-0.4, -0.2) is 10.2 Å². The van der Waals surface area contributed by atoms with Crippen molar-refractivity contribution in [3.05, 3.63) is 49.4 Å². The number of hydrogen-bond donors (Lipinski definition) is 1. The van der Waals surface area contributed by atoms with E-state index in [0.29, 0.717) is 17.1 Å². The van der Waals surface area contributed by atoms with Crippen molar-refractivity contribution in [2.45, 2.75) is 35.5 Å². The number of aromatic nitrogens is 1. The van der Waals surface area contributed by atoms with Gasteiger partial charge in [-0.05, 0) is 54.7 Å². The fraction of sp³-hybridized carbons (Fsp3) is 0.471. The van der Waals surface area contributed by atoms with E-state index in [-0.39, 0.29) is 4.87 Å². The van der Waals surface area contributed by atoms with Crippen LogP contribution in [0.4, 0.5) is 0 Å². The van der Waals surface area contributed by atoms with E-state index in [4.69, 9.17) is 11.6 Å². The van der Waals surface area contributed by atoms with Crippen molar-refractivity contribution in [1.29, 1.82) is 0 Å². The van der Waals surface area contributed by atoms with E-state index >= 15 is 0 Å². The Morgan fingerprint density at radius 1 is 1.14 bits per heavy atom. The zero-order valence-corrected chi connectivity index (χ0v) is 14.3. The molecule has 5 rings (SSSR count). The summed E-state index contributed by atoms with van der Waals surface area (Å²) in [6.45, 7) is 0. The number of nitrogens with one attached hydrogen (secondary N) is 1. The van der Waals surface area contributed by atoms with Gasteiger partial charge in [-0.25, -0.2) is 0 Å². The van der Waals surface area contributed by atoms with Gasteiger partial charge in [0.1, 0.15) is 0 Å². The standard InChI is InChI=1S/C17H16ClNOS2/c18-11-5-3-8(4-6-11)12-13-9-1-2-10(7-9)14(13)21-16-15(12)22-17(20)19-16/h3-6,9-10,12-14H,1-2,7H2,(H,19,20)/t9?,10?,12-,13?,14?/m1/s1. The minimum Gasteiger partial charge on any atom is -0.307 e. The number of thiazole rings is 1. The lowest BCUT2D eigenvalue weighted by Crippen LogP contribution is -2.33. The van der Waals surface area contributed by atoms with Crippen LogP contribution in [0.3, 0.4) is 0 Å². The molecule has 22 heavy (non-hydrogen) atoms. The lowest BCUT2D eigenvalue weighted by molar-refractivity contribution is 0.307. The Balaban J connectivity index is 1.68. The Morgan fingerprint density at radius 3 is 2.73 bits per heavy atom. The number of fused-ring (bicyclic) bond motifs is 6. The van der Waals surface area contributed by atoms with Crippen molar-refractivity contribution in [2.24, 2.45) is 17.8 Å². The minimum absolute atomic E-state index is 0.0868. The topological polar surface area (TPSA) is 32.9 Å². The van der Waals surface area contributed by atoms with Gasteiger partial charge in [0.05, 0.1) is 5.03 Å². The van der Waals surface area contributed by atoms with E-state index in [1.807, 2.05) is 23.9 Å². The number of thioether (sulfide) groups is 1.